The van der Waals surface area contributed by atoms with Crippen LogP contribution in [0.5, 0.6) is 11.5 Å². The predicted molar refractivity (Wildman–Crippen MR) is 96.4 cm³/mol. The summed E-state index contributed by atoms with van der Waals surface area (Å²) in [6.45, 7) is 8.36. The first-order valence-electron chi connectivity index (χ1n) is 8.51. The highest BCUT2D eigenvalue weighted by Gasteiger charge is 2.40. The van der Waals surface area contributed by atoms with Crippen molar-refractivity contribution in [2.24, 2.45) is 5.92 Å². The van der Waals surface area contributed by atoms with Crippen LogP contribution in [0, 0.1) is 5.92 Å². The van der Waals surface area contributed by atoms with E-state index in [1.807, 2.05) is 0 Å². The van der Waals surface area contributed by atoms with Gasteiger partial charge in [0.25, 0.3) is 0 Å². The van der Waals surface area contributed by atoms with Gasteiger partial charge in [-0.25, -0.2) is 4.79 Å². The van der Waals surface area contributed by atoms with Crippen molar-refractivity contribution < 1.29 is 33.7 Å². The van der Waals surface area contributed by atoms with Gasteiger partial charge in [-0.2, -0.15) is 0 Å². The molecule has 2 rings (SSSR count). The van der Waals surface area contributed by atoms with Crippen LogP contribution in [0.4, 0.5) is 4.79 Å². The number of benzene rings is 1. The molecule has 0 aromatic heterocycles. The molecule has 1 saturated heterocycles. The van der Waals surface area contributed by atoms with Gasteiger partial charge in [-0.05, 0) is 38.5 Å². The summed E-state index contributed by atoms with van der Waals surface area (Å²) in [5.41, 5.74) is 0.0210. The van der Waals surface area contributed by atoms with Crippen LogP contribution in [0.25, 0.3) is 0 Å². The second-order valence-corrected chi connectivity index (χ2v) is 7.18. The molecule has 1 aromatic rings. The molecular weight excluding hydrogens is 368 g/mol. The van der Waals surface area contributed by atoms with Crippen LogP contribution >= 0.6 is 0 Å². The Bertz CT molecular complexity index is 798. The van der Waals surface area contributed by atoms with E-state index in [4.69, 9.17) is 14.2 Å². The van der Waals surface area contributed by atoms with Crippen molar-refractivity contribution in [2.45, 2.75) is 32.4 Å². The molecule has 1 aliphatic rings. The van der Waals surface area contributed by atoms with Crippen LogP contribution in [0.1, 0.15) is 32.4 Å². The van der Waals surface area contributed by atoms with E-state index in [1.54, 1.807) is 32.9 Å². The average molecular weight is 391 g/mol. The second-order valence-electron chi connectivity index (χ2n) is 7.18. The summed E-state index contributed by atoms with van der Waals surface area (Å²) >= 11 is 0. The number of carbonyl (C=O) groups is 3. The SMILES string of the molecule is C=C1NC(=O)N[C@H](c2ccc(OCC(=O)[O-])c(OC)c2)[C@H]1C(=O)OC(C)(C)C. The van der Waals surface area contributed by atoms with Gasteiger partial charge in [-0.15, -0.1) is 0 Å². The molecule has 2 N–H and O–H groups in total. The van der Waals surface area contributed by atoms with Gasteiger partial charge >= 0.3 is 12.0 Å². The number of amides is 2. The van der Waals surface area contributed by atoms with Crippen molar-refractivity contribution in [3.05, 3.63) is 36.0 Å². The number of urea groups is 1. The van der Waals surface area contributed by atoms with Crippen LogP contribution in [0.3, 0.4) is 0 Å². The largest absolute Gasteiger partial charge is 0.546 e. The number of carbonyl (C=O) groups excluding carboxylic acids is 3. The quantitative estimate of drug-likeness (QED) is 0.682. The number of esters is 1. The molecule has 9 heteroatoms. The van der Waals surface area contributed by atoms with Gasteiger partial charge in [0.2, 0.25) is 0 Å². The zero-order chi connectivity index (χ0) is 21.1. The Kier molecular flexibility index (Phi) is 6.17. The minimum atomic E-state index is -1.38. The fraction of sp³-hybridized carbons (Fsp3) is 0.421. The molecule has 1 heterocycles. The molecule has 28 heavy (non-hydrogen) atoms. The molecule has 0 saturated carbocycles. The zero-order valence-electron chi connectivity index (χ0n) is 16.2. The van der Waals surface area contributed by atoms with Gasteiger partial charge in [-0.1, -0.05) is 12.6 Å². The van der Waals surface area contributed by atoms with E-state index in [0.29, 0.717) is 5.56 Å². The Morgan fingerprint density at radius 2 is 1.93 bits per heavy atom. The van der Waals surface area contributed by atoms with Crippen molar-refractivity contribution in [2.75, 3.05) is 13.7 Å². The van der Waals surface area contributed by atoms with Crippen LogP contribution in [0.2, 0.25) is 0 Å². The zero-order valence-corrected chi connectivity index (χ0v) is 16.2. The van der Waals surface area contributed by atoms with Crippen LogP contribution < -0.4 is 25.2 Å². The molecule has 0 bridgehead atoms. The maximum atomic E-state index is 12.7. The van der Waals surface area contributed by atoms with Crippen molar-refractivity contribution in [1.82, 2.24) is 10.6 Å². The Hall–Kier alpha value is -3.23. The molecule has 0 radical (unpaired) electrons. The first-order chi connectivity index (χ1) is 13.0. The standard InChI is InChI=1S/C19H24N2O7/c1-10-15(17(24)28-19(2,3)4)16(21-18(25)20-10)11-6-7-12(13(8-11)26-5)27-9-14(22)23/h6-8,15-16H,1,9H2,2-5H3,(H,22,23)(H2,20,21,25)/p-1/t15-,16+/m0/s1. The fourth-order valence-corrected chi connectivity index (χ4v) is 2.74. The highest BCUT2D eigenvalue weighted by molar-refractivity contribution is 5.85. The molecule has 1 fully saturated rings. The molecule has 1 aromatic carbocycles. The minimum absolute atomic E-state index is 0.184. The lowest BCUT2D eigenvalue weighted by Gasteiger charge is -2.35. The summed E-state index contributed by atoms with van der Waals surface area (Å²) in [7, 11) is 1.39. The fourth-order valence-electron chi connectivity index (χ4n) is 2.74. The number of hydrogen-bond donors (Lipinski definition) is 2. The third kappa shape index (κ3) is 5.15. The highest BCUT2D eigenvalue weighted by Crippen LogP contribution is 2.36. The molecule has 1 aliphatic heterocycles. The molecular formula is C19H23N2O7-. The summed E-state index contributed by atoms with van der Waals surface area (Å²) in [6, 6.07) is 3.35. The number of ether oxygens (including phenoxy) is 3. The van der Waals surface area contributed by atoms with Crippen molar-refractivity contribution in [1.29, 1.82) is 0 Å². The van der Waals surface area contributed by atoms with E-state index in [9.17, 15) is 19.5 Å². The number of methoxy groups -OCH3 is 1. The molecule has 9 nitrogen and oxygen atoms in total. The predicted octanol–water partition coefficient (Wildman–Crippen LogP) is 0.649. The Morgan fingerprint density at radius 1 is 1.25 bits per heavy atom. The summed E-state index contributed by atoms with van der Waals surface area (Å²) in [5.74, 6) is -2.38. The number of carboxylic acid groups (broad SMARTS) is 1. The van der Waals surface area contributed by atoms with Crippen molar-refractivity contribution >= 4 is 18.0 Å². The van der Waals surface area contributed by atoms with E-state index in [-0.39, 0.29) is 17.2 Å². The summed E-state index contributed by atoms with van der Waals surface area (Å²) < 4.78 is 15.8. The Morgan fingerprint density at radius 3 is 2.50 bits per heavy atom. The number of nitrogens with one attached hydrogen (secondary N) is 2. The number of hydrogen-bond acceptors (Lipinski definition) is 7. The molecule has 152 valence electrons. The Balaban J connectivity index is 2.37. The van der Waals surface area contributed by atoms with Gasteiger partial charge in [0.1, 0.15) is 18.1 Å². The second kappa shape index (κ2) is 8.20. The molecule has 0 spiro atoms. The lowest BCUT2D eigenvalue weighted by atomic mass is 9.88. The van der Waals surface area contributed by atoms with Crippen LogP contribution in [-0.4, -0.2) is 37.3 Å². The van der Waals surface area contributed by atoms with E-state index < -0.39 is 42.1 Å². The van der Waals surface area contributed by atoms with E-state index in [0.717, 1.165) is 0 Å². The maximum Gasteiger partial charge on any atom is 0.319 e. The van der Waals surface area contributed by atoms with E-state index in [1.165, 1.54) is 13.2 Å². The van der Waals surface area contributed by atoms with Crippen molar-refractivity contribution in [3.8, 4) is 11.5 Å². The van der Waals surface area contributed by atoms with Gasteiger partial charge in [0.15, 0.2) is 11.5 Å². The first-order valence-corrected chi connectivity index (χ1v) is 8.51. The number of carboxylic acids is 1. The lowest BCUT2D eigenvalue weighted by Crippen LogP contribution is -2.51. The monoisotopic (exact) mass is 391 g/mol. The normalized spacial score (nSPS) is 19.3. The smallest absolute Gasteiger partial charge is 0.319 e. The third-order valence-electron chi connectivity index (χ3n) is 3.82. The summed E-state index contributed by atoms with van der Waals surface area (Å²) in [4.78, 5) is 35.3. The van der Waals surface area contributed by atoms with E-state index >= 15 is 0 Å². The Labute approximate surface area is 162 Å². The van der Waals surface area contributed by atoms with Crippen LogP contribution in [-0.2, 0) is 14.3 Å². The third-order valence-corrected chi connectivity index (χ3v) is 3.82. The average Bonchev–Trinajstić information content (AvgIpc) is 2.57. The summed E-state index contributed by atoms with van der Waals surface area (Å²) in [6.07, 6.45) is 0. The van der Waals surface area contributed by atoms with Crippen molar-refractivity contribution in [3.63, 3.8) is 0 Å². The van der Waals surface area contributed by atoms with E-state index in [2.05, 4.69) is 17.2 Å². The van der Waals surface area contributed by atoms with Crippen LogP contribution in [0.15, 0.2) is 30.5 Å². The minimum Gasteiger partial charge on any atom is -0.546 e. The lowest BCUT2D eigenvalue weighted by molar-refractivity contribution is -0.307. The first kappa shape index (κ1) is 21.1. The van der Waals surface area contributed by atoms with Gasteiger partial charge in [0, 0.05) is 5.70 Å². The molecule has 0 unspecified atom stereocenters. The number of aliphatic carboxylic acids is 1. The van der Waals surface area contributed by atoms with Gasteiger partial charge < -0.3 is 34.7 Å². The molecule has 2 atom stereocenters. The van der Waals surface area contributed by atoms with Gasteiger partial charge in [0.05, 0.1) is 19.1 Å². The van der Waals surface area contributed by atoms with Gasteiger partial charge in [-0.3, -0.25) is 4.79 Å². The summed E-state index contributed by atoms with van der Waals surface area (Å²) in [5, 5.41) is 15.8. The topological polar surface area (TPSA) is 126 Å². The molecule has 2 amide bonds. The maximum absolute atomic E-state index is 12.7. The molecule has 0 aliphatic carbocycles. The highest BCUT2D eigenvalue weighted by atomic mass is 16.6. The number of rotatable bonds is 6.